The molecule has 0 radical (unpaired) electrons. The van der Waals surface area contributed by atoms with Crippen molar-refractivity contribution in [2.45, 2.75) is 58.9 Å². The van der Waals surface area contributed by atoms with Gasteiger partial charge in [-0.1, -0.05) is 20.8 Å². The fourth-order valence-electron chi connectivity index (χ4n) is 4.32. The quantitative estimate of drug-likeness (QED) is 0.791. The fraction of sp³-hybridized carbons (Fsp3) is 1.00. The SMILES string of the molecule is CCNC1CCC(C(C)C)CC1CN1CCC(CO)CC1. The smallest absolute Gasteiger partial charge is 0.0460 e. The second-order valence-corrected chi connectivity index (χ2v) is 7.67. The molecular weight excluding hydrogens is 260 g/mol. The molecular formula is C18H36N2O. The van der Waals surface area contributed by atoms with Crippen molar-refractivity contribution in [3.05, 3.63) is 0 Å². The van der Waals surface area contributed by atoms with E-state index in [0.717, 1.165) is 30.3 Å². The third-order valence-corrected chi connectivity index (χ3v) is 5.89. The first-order valence-electron chi connectivity index (χ1n) is 9.20. The van der Waals surface area contributed by atoms with Crippen LogP contribution in [-0.4, -0.2) is 48.8 Å². The Kier molecular flexibility index (Phi) is 6.97. The predicted molar refractivity (Wildman–Crippen MR) is 89.4 cm³/mol. The van der Waals surface area contributed by atoms with E-state index in [1.807, 2.05) is 0 Å². The average Bonchev–Trinajstić information content (AvgIpc) is 2.50. The standard InChI is InChI=1S/C18H36N2O/c1-4-19-18-6-5-16(14(2)3)11-17(18)12-20-9-7-15(13-21)8-10-20/h14-19,21H,4-13H2,1-3H3. The normalized spacial score (nSPS) is 32.7. The first kappa shape index (κ1) is 17.2. The monoisotopic (exact) mass is 296 g/mol. The van der Waals surface area contributed by atoms with E-state index in [2.05, 4.69) is 31.0 Å². The Labute approximate surface area is 131 Å². The lowest BCUT2D eigenvalue weighted by atomic mass is 9.73. The minimum absolute atomic E-state index is 0.382. The molecule has 2 fully saturated rings. The van der Waals surface area contributed by atoms with Crippen molar-refractivity contribution in [2.75, 3.05) is 32.8 Å². The Bertz CT molecular complexity index is 287. The maximum atomic E-state index is 9.28. The van der Waals surface area contributed by atoms with Gasteiger partial charge in [0.15, 0.2) is 0 Å². The summed E-state index contributed by atoms with van der Waals surface area (Å²) in [6.45, 7) is 12.1. The largest absolute Gasteiger partial charge is 0.396 e. The molecule has 0 amide bonds. The maximum absolute atomic E-state index is 9.28. The Hall–Kier alpha value is -0.120. The van der Waals surface area contributed by atoms with Gasteiger partial charge in [-0.05, 0) is 75.4 Å². The van der Waals surface area contributed by atoms with Gasteiger partial charge < -0.3 is 15.3 Å². The van der Waals surface area contributed by atoms with E-state index in [9.17, 15) is 5.11 Å². The lowest BCUT2D eigenvalue weighted by Gasteiger charge is -2.42. The Morgan fingerprint density at radius 1 is 1.14 bits per heavy atom. The molecule has 21 heavy (non-hydrogen) atoms. The van der Waals surface area contributed by atoms with Gasteiger partial charge >= 0.3 is 0 Å². The van der Waals surface area contributed by atoms with Crippen molar-refractivity contribution in [1.29, 1.82) is 0 Å². The van der Waals surface area contributed by atoms with Gasteiger partial charge in [-0.3, -0.25) is 0 Å². The molecule has 3 heteroatoms. The number of hydrogen-bond donors (Lipinski definition) is 2. The number of aliphatic hydroxyl groups excluding tert-OH is 1. The zero-order valence-electron chi connectivity index (χ0n) is 14.4. The van der Waals surface area contributed by atoms with Crippen LogP contribution in [0, 0.1) is 23.7 Å². The first-order valence-corrected chi connectivity index (χ1v) is 9.20. The molecule has 3 unspecified atom stereocenters. The van der Waals surface area contributed by atoms with Crippen LogP contribution in [-0.2, 0) is 0 Å². The minimum atomic E-state index is 0.382. The summed E-state index contributed by atoms with van der Waals surface area (Å²) >= 11 is 0. The van der Waals surface area contributed by atoms with E-state index in [0.29, 0.717) is 12.5 Å². The zero-order chi connectivity index (χ0) is 15.2. The van der Waals surface area contributed by atoms with Crippen LogP contribution in [0.15, 0.2) is 0 Å². The van der Waals surface area contributed by atoms with Crippen LogP contribution in [0.5, 0.6) is 0 Å². The summed E-state index contributed by atoms with van der Waals surface area (Å²) in [7, 11) is 0. The molecule has 0 spiro atoms. The van der Waals surface area contributed by atoms with Crippen molar-refractivity contribution in [3.8, 4) is 0 Å². The topological polar surface area (TPSA) is 35.5 Å². The van der Waals surface area contributed by atoms with E-state index < -0.39 is 0 Å². The molecule has 3 atom stereocenters. The molecule has 0 aromatic carbocycles. The van der Waals surface area contributed by atoms with Crippen LogP contribution >= 0.6 is 0 Å². The van der Waals surface area contributed by atoms with Gasteiger partial charge in [-0.25, -0.2) is 0 Å². The second-order valence-electron chi connectivity index (χ2n) is 7.67. The Morgan fingerprint density at radius 2 is 1.86 bits per heavy atom. The number of hydrogen-bond acceptors (Lipinski definition) is 3. The van der Waals surface area contributed by atoms with Crippen LogP contribution in [0.3, 0.4) is 0 Å². The van der Waals surface area contributed by atoms with E-state index in [1.54, 1.807) is 0 Å². The lowest BCUT2D eigenvalue weighted by Crippen LogP contribution is -2.48. The summed E-state index contributed by atoms with van der Waals surface area (Å²) in [5.74, 6) is 3.12. The molecule has 2 rings (SSSR count). The summed E-state index contributed by atoms with van der Waals surface area (Å²) in [5.41, 5.74) is 0. The summed E-state index contributed by atoms with van der Waals surface area (Å²) in [5, 5.41) is 13.0. The number of nitrogens with zero attached hydrogens (tertiary/aromatic N) is 1. The molecule has 124 valence electrons. The summed E-state index contributed by atoms with van der Waals surface area (Å²) in [6, 6.07) is 0.723. The second kappa shape index (κ2) is 8.50. The number of aliphatic hydroxyl groups is 1. The fourth-order valence-corrected chi connectivity index (χ4v) is 4.32. The third-order valence-electron chi connectivity index (χ3n) is 5.89. The van der Waals surface area contributed by atoms with Crippen LogP contribution < -0.4 is 5.32 Å². The van der Waals surface area contributed by atoms with E-state index in [-0.39, 0.29) is 0 Å². The molecule has 1 saturated heterocycles. The molecule has 1 aliphatic carbocycles. The molecule has 0 aromatic heterocycles. The minimum Gasteiger partial charge on any atom is -0.396 e. The molecule has 1 heterocycles. The van der Waals surface area contributed by atoms with Crippen LogP contribution in [0.1, 0.15) is 52.9 Å². The van der Waals surface area contributed by atoms with Gasteiger partial charge in [-0.2, -0.15) is 0 Å². The molecule has 1 aliphatic heterocycles. The van der Waals surface area contributed by atoms with Gasteiger partial charge in [0.25, 0.3) is 0 Å². The zero-order valence-corrected chi connectivity index (χ0v) is 14.4. The van der Waals surface area contributed by atoms with Crippen molar-refractivity contribution in [3.63, 3.8) is 0 Å². The van der Waals surface area contributed by atoms with Gasteiger partial charge in [-0.15, -0.1) is 0 Å². The Balaban J connectivity index is 1.87. The maximum Gasteiger partial charge on any atom is 0.0460 e. The summed E-state index contributed by atoms with van der Waals surface area (Å²) < 4.78 is 0. The van der Waals surface area contributed by atoms with Crippen molar-refractivity contribution in [2.24, 2.45) is 23.7 Å². The summed E-state index contributed by atoms with van der Waals surface area (Å²) in [6.07, 6.45) is 6.52. The van der Waals surface area contributed by atoms with E-state index in [1.165, 1.54) is 51.7 Å². The highest BCUT2D eigenvalue weighted by molar-refractivity contribution is 4.88. The lowest BCUT2D eigenvalue weighted by molar-refractivity contribution is 0.0854. The van der Waals surface area contributed by atoms with Crippen LogP contribution in [0.4, 0.5) is 0 Å². The molecule has 2 N–H and O–H groups in total. The average molecular weight is 296 g/mol. The highest BCUT2D eigenvalue weighted by Gasteiger charge is 2.33. The summed E-state index contributed by atoms with van der Waals surface area (Å²) in [4.78, 5) is 2.66. The van der Waals surface area contributed by atoms with E-state index in [4.69, 9.17) is 0 Å². The van der Waals surface area contributed by atoms with E-state index >= 15 is 0 Å². The highest BCUT2D eigenvalue weighted by Crippen LogP contribution is 2.35. The number of piperidine rings is 1. The van der Waals surface area contributed by atoms with Crippen molar-refractivity contribution >= 4 is 0 Å². The molecule has 2 aliphatic rings. The van der Waals surface area contributed by atoms with Gasteiger partial charge in [0.2, 0.25) is 0 Å². The van der Waals surface area contributed by atoms with Crippen LogP contribution in [0.2, 0.25) is 0 Å². The molecule has 0 bridgehead atoms. The number of rotatable bonds is 6. The highest BCUT2D eigenvalue weighted by atomic mass is 16.3. The van der Waals surface area contributed by atoms with Gasteiger partial charge in [0.1, 0.15) is 0 Å². The first-order chi connectivity index (χ1) is 10.1. The number of likely N-dealkylation sites (tertiary alicyclic amines) is 1. The van der Waals surface area contributed by atoms with Crippen molar-refractivity contribution in [1.82, 2.24) is 10.2 Å². The number of nitrogens with one attached hydrogen (secondary N) is 1. The molecule has 3 nitrogen and oxygen atoms in total. The van der Waals surface area contributed by atoms with Crippen molar-refractivity contribution < 1.29 is 5.11 Å². The van der Waals surface area contributed by atoms with Crippen LogP contribution in [0.25, 0.3) is 0 Å². The third kappa shape index (κ3) is 4.94. The molecule has 0 aromatic rings. The molecule has 1 saturated carbocycles. The van der Waals surface area contributed by atoms with Gasteiger partial charge in [0.05, 0.1) is 0 Å². The predicted octanol–water partition coefficient (Wildman–Crippen LogP) is 2.74. The van der Waals surface area contributed by atoms with Gasteiger partial charge in [0, 0.05) is 19.2 Å². The Morgan fingerprint density at radius 3 is 2.43 bits per heavy atom.